The van der Waals surface area contributed by atoms with E-state index >= 15 is 0 Å². The fourth-order valence-corrected chi connectivity index (χ4v) is 8.30. The van der Waals surface area contributed by atoms with Crippen LogP contribution in [-0.4, -0.2) is 49.8 Å². The number of methoxy groups -OCH3 is 2. The van der Waals surface area contributed by atoms with Crippen LogP contribution in [-0.2, 0) is 25.9 Å². The third kappa shape index (κ3) is 10.4. The van der Waals surface area contributed by atoms with Crippen LogP contribution in [0.3, 0.4) is 0 Å². The molecule has 0 saturated carbocycles. The van der Waals surface area contributed by atoms with Gasteiger partial charge in [0.2, 0.25) is 0 Å². The van der Waals surface area contributed by atoms with Gasteiger partial charge in [-0.25, -0.2) is 0 Å². The van der Waals surface area contributed by atoms with Crippen molar-refractivity contribution in [2.24, 2.45) is 0 Å². The number of benzene rings is 4. The van der Waals surface area contributed by atoms with Crippen molar-refractivity contribution >= 4 is 5.69 Å². The predicted octanol–water partition coefficient (Wildman–Crippen LogP) is 11.5. The number of unbranched alkanes of at least 4 members (excludes halogenated alkanes) is 1. The Balaban J connectivity index is 1.20. The molecule has 6 nitrogen and oxygen atoms in total. The van der Waals surface area contributed by atoms with E-state index in [1.165, 1.54) is 51.9 Å². The lowest BCUT2D eigenvalue weighted by Gasteiger charge is -2.40. The molecule has 6 heteroatoms. The second kappa shape index (κ2) is 20.3. The molecule has 0 bridgehead atoms. The van der Waals surface area contributed by atoms with Crippen LogP contribution < -0.4 is 19.1 Å². The lowest BCUT2D eigenvalue weighted by Crippen LogP contribution is -2.44. The molecule has 0 unspecified atom stereocenters. The van der Waals surface area contributed by atoms with Crippen LogP contribution in [0, 0.1) is 19.3 Å². The highest BCUT2D eigenvalue weighted by Gasteiger charge is 2.26. The van der Waals surface area contributed by atoms with E-state index in [0.717, 1.165) is 88.3 Å². The fourth-order valence-electron chi connectivity index (χ4n) is 8.30. The number of rotatable bonds is 18. The average molecular weight is 764 g/mol. The molecular formula is C51H61N3O3. The summed E-state index contributed by atoms with van der Waals surface area (Å²) >= 11 is 0. The summed E-state index contributed by atoms with van der Waals surface area (Å²) in [5, 5.41) is 0. The molecule has 1 aromatic heterocycles. The Morgan fingerprint density at radius 1 is 0.807 bits per heavy atom. The first kappa shape index (κ1) is 41.4. The molecule has 1 aliphatic heterocycles. The zero-order valence-electron chi connectivity index (χ0n) is 35.1. The molecule has 57 heavy (non-hydrogen) atoms. The average Bonchev–Trinajstić information content (AvgIpc) is 3.24. The van der Waals surface area contributed by atoms with E-state index in [1.807, 2.05) is 18.3 Å². The third-order valence-corrected chi connectivity index (χ3v) is 11.3. The van der Waals surface area contributed by atoms with E-state index in [0.29, 0.717) is 23.1 Å². The molecule has 1 fully saturated rings. The molecule has 5 aromatic rings. The number of hydrogen-bond donors (Lipinski definition) is 0. The second-order valence-electron chi connectivity index (χ2n) is 15.4. The van der Waals surface area contributed by atoms with Crippen molar-refractivity contribution in [2.75, 3.05) is 38.8 Å². The van der Waals surface area contributed by atoms with Crippen molar-refractivity contribution in [2.45, 2.75) is 98.2 Å². The predicted molar refractivity (Wildman–Crippen MR) is 237 cm³/mol. The molecule has 0 atom stereocenters. The van der Waals surface area contributed by atoms with E-state index < -0.39 is 0 Å². The summed E-state index contributed by atoms with van der Waals surface area (Å²) in [7, 11) is 3.23. The van der Waals surface area contributed by atoms with Crippen LogP contribution in [0.2, 0.25) is 0 Å². The van der Waals surface area contributed by atoms with Gasteiger partial charge in [-0.05, 0) is 133 Å². The maximum atomic E-state index is 6.04. The van der Waals surface area contributed by atoms with E-state index in [4.69, 9.17) is 25.6 Å². The number of aromatic nitrogens is 1. The van der Waals surface area contributed by atoms with Gasteiger partial charge in [0, 0.05) is 49.7 Å². The van der Waals surface area contributed by atoms with Gasteiger partial charge in [-0.1, -0.05) is 76.3 Å². The summed E-state index contributed by atoms with van der Waals surface area (Å²) in [6.07, 6.45) is 16.7. The number of terminal acetylenes is 1. The molecule has 0 spiro atoms. The van der Waals surface area contributed by atoms with Gasteiger partial charge in [0.15, 0.2) is 11.5 Å². The van der Waals surface area contributed by atoms with Crippen molar-refractivity contribution in [3.05, 3.63) is 125 Å². The quantitative estimate of drug-likeness (QED) is 0.0654. The van der Waals surface area contributed by atoms with E-state index in [9.17, 15) is 0 Å². The van der Waals surface area contributed by atoms with E-state index in [-0.39, 0.29) is 0 Å². The molecule has 0 N–H and O–H groups in total. The standard InChI is InChI=1S/C51H61N3O3/c1-8-12-28-57-47-20-18-45(19-21-47)54(36-39-22-25-52-49(31-39)44-32-40(11-4)51(56-7)50(34-44)55-6)46-23-26-53(27-24-46)35-38-16-13-17-41(30-38)43-29-37(5)48(15-10-3)42(33-43)14-9-2/h4,13,16-22,25,29-34,46H,8-10,12,14-15,23-24,26-28,35-36H2,1-3,5-7H3. The molecule has 2 heterocycles. The largest absolute Gasteiger partial charge is 0.494 e. The van der Waals surface area contributed by atoms with Gasteiger partial charge in [0.1, 0.15) is 5.75 Å². The Kier molecular flexibility index (Phi) is 14.7. The number of ether oxygens (including phenoxy) is 3. The van der Waals surface area contributed by atoms with Crippen molar-refractivity contribution in [1.82, 2.24) is 9.88 Å². The highest BCUT2D eigenvalue weighted by molar-refractivity contribution is 5.70. The van der Waals surface area contributed by atoms with Crippen LogP contribution in [0.4, 0.5) is 5.69 Å². The monoisotopic (exact) mass is 763 g/mol. The number of likely N-dealkylation sites (tertiary alicyclic amines) is 1. The minimum atomic E-state index is 0.381. The molecule has 6 rings (SSSR count). The second-order valence-corrected chi connectivity index (χ2v) is 15.4. The van der Waals surface area contributed by atoms with Gasteiger partial charge in [0.05, 0.1) is 32.1 Å². The van der Waals surface area contributed by atoms with Gasteiger partial charge < -0.3 is 19.1 Å². The number of nitrogens with zero attached hydrogens (tertiary/aromatic N) is 3. The van der Waals surface area contributed by atoms with Gasteiger partial charge >= 0.3 is 0 Å². The van der Waals surface area contributed by atoms with Crippen LogP contribution in [0.15, 0.2) is 91.1 Å². The first-order valence-electron chi connectivity index (χ1n) is 21.0. The molecule has 0 aliphatic carbocycles. The number of piperidine rings is 1. The minimum absolute atomic E-state index is 0.381. The Morgan fingerprint density at radius 3 is 2.30 bits per heavy atom. The number of hydrogen-bond acceptors (Lipinski definition) is 6. The van der Waals surface area contributed by atoms with Gasteiger partial charge in [-0.3, -0.25) is 9.88 Å². The Hall–Kier alpha value is -5.25. The normalized spacial score (nSPS) is 13.3. The lowest BCUT2D eigenvalue weighted by atomic mass is 9.90. The molecular weight excluding hydrogens is 703 g/mol. The Labute approximate surface area is 342 Å². The summed E-state index contributed by atoms with van der Waals surface area (Å²) in [5.41, 5.74) is 13.3. The maximum absolute atomic E-state index is 6.04. The van der Waals surface area contributed by atoms with Gasteiger partial charge in [0.25, 0.3) is 0 Å². The zero-order chi connectivity index (χ0) is 40.1. The molecule has 1 aliphatic rings. The Morgan fingerprint density at radius 2 is 1.60 bits per heavy atom. The lowest BCUT2D eigenvalue weighted by molar-refractivity contribution is 0.201. The van der Waals surface area contributed by atoms with Crippen molar-refractivity contribution in [3.8, 4) is 52.0 Å². The molecule has 298 valence electrons. The van der Waals surface area contributed by atoms with Gasteiger partial charge in [-0.2, -0.15) is 0 Å². The molecule has 0 radical (unpaired) electrons. The smallest absolute Gasteiger partial charge is 0.176 e. The highest BCUT2D eigenvalue weighted by atomic mass is 16.5. The molecule has 0 amide bonds. The fraction of sp³-hybridized carbons (Fsp3) is 0.392. The molecule has 1 saturated heterocycles. The maximum Gasteiger partial charge on any atom is 0.176 e. The minimum Gasteiger partial charge on any atom is -0.494 e. The summed E-state index contributed by atoms with van der Waals surface area (Å²) in [4.78, 5) is 9.95. The van der Waals surface area contributed by atoms with Gasteiger partial charge in [-0.15, -0.1) is 6.42 Å². The third-order valence-electron chi connectivity index (χ3n) is 11.3. The first-order chi connectivity index (χ1) is 27.9. The van der Waals surface area contributed by atoms with Crippen LogP contribution in [0.25, 0.3) is 22.4 Å². The van der Waals surface area contributed by atoms with Crippen LogP contribution in [0.5, 0.6) is 17.2 Å². The number of aryl methyl sites for hydroxylation is 2. The molecule has 4 aromatic carbocycles. The Bertz CT molecular complexity index is 2110. The van der Waals surface area contributed by atoms with Crippen LogP contribution >= 0.6 is 0 Å². The van der Waals surface area contributed by atoms with Crippen molar-refractivity contribution in [3.63, 3.8) is 0 Å². The summed E-state index contributed by atoms with van der Waals surface area (Å²) in [6, 6.07) is 31.3. The number of anilines is 1. The topological polar surface area (TPSA) is 47.1 Å². The van der Waals surface area contributed by atoms with E-state index in [1.54, 1.807) is 19.8 Å². The van der Waals surface area contributed by atoms with Crippen LogP contribution in [0.1, 0.15) is 92.7 Å². The highest BCUT2D eigenvalue weighted by Crippen LogP contribution is 2.36. The summed E-state index contributed by atoms with van der Waals surface area (Å²) in [5.74, 6) is 4.82. The summed E-state index contributed by atoms with van der Waals surface area (Å²) in [6.45, 7) is 13.6. The number of pyridine rings is 1. The zero-order valence-corrected chi connectivity index (χ0v) is 35.1. The SMILES string of the molecule is C#Cc1cc(-c2cc(CN(c3ccc(OCCCC)cc3)C3CCN(Cc4cccc(-c5cc(C)c(CCC)c(CCC)c5)c4)CC3)ccn2)cc(OC)c1OC. The van der Waals surface area contributed by atoms with Crippen molar-refractivity contribution < 1.29 is 14.2 Å². The van der Waals surface area contributed by atoms with E-state index in [2.05, 4.69) is 116 Å². The first-order valence-corrected chi connectivity index (χ1v) is 21.0. The van der Waals surface area contributed by atoms with Crippen molar-refractivity contribution in [1.29, 1.82) is 0 Å². The summed E-state index contributed by atoms with van der Waals surface area (Å²) < 4.78 is 17.2.